The van der Waals surface area contributed by atoms with Crippen molar-refractivity contribution >= 4 is 37.4 Å². The van der Waals surface area contributed by atoms with Crippen LogP contribution in [-0.2, 0) is 10.0 Å². The Labute approximate surface area is 171 Å². The number of anilines is 1. The third kappa shape index (κ3) is 4.33. The number of hydrogen-bond donors (Lipinski definition) is 1. The molecule has 29 heavy (non-hydrogen) atoms. The van der Waals surface area contributed by atoms with Crippen LogP contribution in [0.15, 0.2) is 10.7 Å². The molecule has 7 nitrogen and oxygen atoms in total. The van der Waals surface area contributed by atoms with Crippen molar-refractivity contribution in [2.75, 3.05) is 24.7 Å². The van der Waals surface area contributed by atoms with E-state index in [1.807, 2.05) is 0 Å². The molecule has 2 aromatic rings. The minimum Gasteiger partial charge on any atom is -0.347 e. The van der Waals surface area contributed by atoms with Crippen molar-refractivity contribution in [3.8, 4) is 0 Å². The Morgan fingerprint density at radius 1 is 1.38 bits per heavy atom. The second-order valence-corrected chi connectivity index (χ2v) is 9.61. The molecule has 162 valence electrons. The van der Waals surface area contributed by atoms with Gasteiger partial charge in [0.25, 0.3) is 0 Å². The van der Waals surface area contributed by atoms with Crippen LogP contribution in [-0.4, -0.2) is 65.1 Å². The molecule has 0 radical (unpaired) electrons. The number of nitrogens with zero attached hydrogens (tertiary/aromatic N) is 4. The minimum absolute atomic E-state index is 0.0687. The van der Waals surface area contributed by atoms with Crippen molar-refractivity contribution in [3.63, 3.8) is 0 Å². The molecule has 0 spiro atoms. The van der Waals surface area contributed by atoms with Gasteiger partial charge >= 0.3 is 6.18 Å². The maximum atomic E-state index is 14.4. The highest BCUT2D eigenvalue weighted by molar-refractivity contribution is 9.10. The first-order valence-corrected chi connectivity index (χ1v) is 11.1. The lowest BCUT2D eigenvalue weighted by molar-refractivity contribution is -0.147. The van der Waals surface area contributed by atoms with Gasteiger partial charge in [-0.3, -0.25) is 0 Å². The first-order valence-electron chi connectivity index (χ1n) is 8.45. The molecular weight excluding hydrogens is 489 g/mol. The molecule has 1 saturated heterocycles. The number of nitrogens with one attached hydrogen (secondary N) is 1. The SMILES string of the molecule is C[C@H](c1c(Br)c(F)c2cnc(N[C@@H]3CCN(S(C)(=O)=O)C[C@H]3F)nn12)C(F)(F)F. The molecule has 0 unspecified atom stereocenters. The molecule has 3 atom stereocenters. The van der Waals surface area contributed by atoms with Gasteiger partial charge < -0.3 is 5.32 Å². The summed E-state index contributed by atoms with van der Waals surface area (Å²) in [6, 6.07) is -0.849. The zero-order valence-corrected chi connectivity index (χ0v) is 17.6. The number of halogens is 6. The van der Waals surface area contributed by atoms with Crippen LogP contribution >= 0.6 is 15.9 Å². The highest BCUT2D eigenvalue weighted by atomic mass is 79.9. The van der Waals surface area contributed by atoms with Crippen molar-refractivity contribution in [2.24, 2.45) is 0 Å². The lowest BCUT2D eigenvalue weighted by Gasteiger charge is -2.33. The van der Waals surface area contributed by atoms with Crippen LogP contribution in [0.4, 0.5) is 27.9 Å². The Kier molecular flexibility index (Phi) is 5.82. The molecule has 1 aliphatic rings. The van der Waals surface area contributed by atoms with Crippen LogP contribution in [0.3, 0.4) is 0 Å². The van der Waals surface area contributed by atoms with E-state index in [-0.39, 0.29) is 35.4 Å². The summed E-state index contributed by atoms with van der Waals surface area (Å²) in [7, 11) is -3.54. The molecule has 0 saturated carbocycles. The molecule has 0 amide bonds. The average molecular weight is 506 g/mol. The van der Waals surface area contributed by atoms with E-state index in [0.29, 0.717) is 0 Å². The topological polar surface area (TPSA) is 79.6 Å². The molecule has 14 heteroatoms. The fraction of sp³-hybridized carbons (Fsp3) is 0.600. The van der Waals surface area contributed by atoms with Gasteiger partial charge in [0.1, 0.15) is 11.7 Å². The van der Waals surface area contributed by atoms with Gasteiger partial charge in [-0.15, -0.1) is 5.10 Å². The van der Waals surface area contributed by atoms with Crippen LogP contribution in [0.25, 0.3) is 5.52 Å². The van der Waals surface area contributed by atoms with E-state index < -0.39 is 45.8 Å². The molecule has 0 aromatic carbocycles. The molecule has 0 aliphatic carbocycles. The fourth-order valence-electron chi connectivity index (χ4n) is 3.10. The Morgan fingerprint density at radius 2 is 2.03 bits per heavy atom. The summed E-state index contributed by atoms with van der Waals surface area (Å²) in [5.74, 6) is -3.16. The van der Waals surface area contributed by atoms with E-state index >= 15 is 0 Å². The predicted octanol–water partition coefficient (Wildman–Crippen LogP) is 3.08. The smallest absolute Gasteiger partial charge is 0.347 e. The highest BCUT2D eigenvalue weighted by Crippen LogP contribution is 2.40. The van der Waals surface area contributed by atoms with Gasteiger partial charge in [0.15, 0.2) is 5.82 Å². The maximum absolute atomic E-state index is 14.4. The van der Waals surface area contributed by atoms with Crippen LogP contribution in [0.2, 0.25) is 0 Å². The van der Waals surface area contributed by atoms with Crippen molar-refractivity contribution in [2.45, 2.75) is 37.7 Å². The Hall–Kier alpha value is -1.54. The van der Waals surface area contributed by atoms with E-state index in [1.165, 1.54) is 0 Å². The second-order valence-electron chi connectivity index (χ2n) is 6.83. The number of aromatic nitrogens is 3. The van der Waals surface area contributed by atoms with E-state index in [4.69, 9.17) is 0 Å². The summed E-state index contributed by atoms with van der Waals surface area (Å²) < 4.78 is 92.8. The zero-order chi connectivity index (χ0) is 21.7. The summed E-state index contributed by atoms with van der Waals surface area (Å²) in [5.41, 5.74) is -0.712. The van der Waals surface area contributed by atoms with Crippen LogP contribution in [0.5, 0.6) is 0 Å². The number of piperidine rings is 1. The van der Waals surface area contributed by atoms with E-state index in [1.54, 1.807) is 0 Å². The van der Waals surface area contributed by atoms with Gasteiger partial charge in [-0.25, -0.2) is 26.7 Å². The number of sulfonamides is 1. The van der Waals surface area contributed by atoms with Gasteiger partial charge in [0, 0.05) is 13.1 Å². The van der Waals surface area contributed by atoms with Crippen molar-refractivity contribution in [1.29, 1.82) is 0 Å². The lowest BCUT2D eigenvalue weighted by Crippen LogP contribution is -2.49. The molecule has 1 aliphatic heterocycles. The van der Waals surface area contributed by atoms with Crippen molar-refractivity contribution in [1.82, 2.24) is 18.9 Å². The number of alkyl halides is 4. The summed E-state index contributed by atoms with van der Waals surface area (Å²) >= 11 is 2.84. The van der Waals surface area contributed by atoms with Gasteiger partial charge in [-0.2, -0.15) is 17.5 Å². The highest BCUT2D eigenvalue weighted by Gasteiger charge is 2.41. The third-order valence-electron chi connectivity index (χ3n) is 4.79. The first kappa shape index (κ1) is 22.2. The summed E-state index contributed by atoms with van der Waals surface area (Å²) in [4.78, 5) is 3.86. The summed E-state index contributed by atoms with van der Waals surface area (Å²) in [5, 5.41) is 6.58. The molecule has 1 fully saturated rings. The normalized spacial score (nSPS) is 22.8. The molecule has 3 heterocycles. The average Bonchev–Trinajstić information content (AvgIpc) is 2.85. The quantitative estimate of drug-likeness (QED) is 0.646. The van der Waals surface area contributed by atoms with Crippen LogP contribution in [0.1, 0.15) is 25.0 Å². The van der Waals surface area contributed by atoms with E-state index in [2.05, 4.69) is 31.3 Å². The molecule has 1 N–H and O–H groups in total. The Morgan fingerprint density at radius 3 is 2.59 bits per heavy atom. The molecule has 2 aromatic heterocycles. The largest absolute Gasteiger partial charge is 0.397 e. The molecular formula is C15H17BrF5N5O2S. The van der Waals surface area contributed by atoms with Gasteiger partial charge in [0.05, 0.1) is 34.6 Å². The fourth-order valence-corrected chi connectivity index (χ4v) is 4.67. The summed E-state index contributed by atoms with van der Waals surface area (Å²) in [6.07, 6.45) is -4.14. The van der Waals surface area contributed by atoms with E-state index in [0.717, 1.165) is 28.2 Å². The number of rotatable bonds is 4. The van der Waals surface area contributed by atoms with Gasteiger partial charge in [0.2, 0.25) is 16.0 Å². The third-order valence-corrected chi connectivity index (χ3v) is 6.82. The zero-order valence-electron chi connectivity index (χ0n) is 15.2. The first-order chi connectivity index (χ1) is 13.3. The Bertz CT molecular complexity index is 1030. The standard InChI is InChI=1S/C15H17BrF5N5O2S/c1-7(15(19,20)21)13-11(16)12(18)10-5-22-14(24-26(10)13)23-9-3-4-25(6-8(9)17)29(2,27)28/h5,7-9H,3-4,6H2,1-2H3,(H,23,24)/t7-,8-,9-/m1/s1. The van der Waals surface area contributed by atoms with E-state index in [9.17, 15) is 30.4 Å². The molecule has 3 rings (SSSR count). The van der Waals surface area contributed by atoms with Gasteiger partial charge in [-0.05, 0) is 29.3 Å². The predicted molar refractivity (Wildman–Crippen MR) is 98.5 cm³/mol. The second kappa shape index (κ2) is 7.61. The monoisotopic (exact) mass is 505 g/mol. The molecule has 0 bridgehead atoms. The van der Waals surface area contributed by atoms with Crippen LogP contribution in [0, 0.1) is 5.82 Å². The minimum atomic E-state index is -4.63. The van der Waals surface area contributed by atoms with Gasteiger partial charge in [-0.1, -0.05) is 0 Å². The van der Waals surface area contributed by atoms with Crippen molar-refractivity contribution < 1.29 is 30.4 Å². The summed E-state index contributed by atoms with van der Waals surface area (Å²) in [6.45, 7) is 0.581. The number of hydrogen-bond acceptors (Lipinski definition) is 5. The van der Waals surface area contributed by atoms with Crippen LogP contribution < -0.4 is 5.32 Å². The Balaban J connectivity index is 1.90. The van der Waals surface area contributed by atoms with Crippen molar-refractivity contribution in [3.05, 3.63) is 22.2 Å². The maximum Gasteiger partial charge on any atom is 0.397 e. The number of fused-ring (bicyclic) bond motifs is 1. The lowest BCUT2D eigenvalue weighted by atomic mass is 10.1.